The van der Waals surface area contributed by atoms with Crippen LogP contribution in [-0.2, 0) is 6.42 Å². The van der Waals surface area contributed by atoms with Gasteiger partial charge in [-0.3, -0.25) is 0 Å². The smallest absolute Gasteiger partial charge is 0.166 e. The Morgan fingerprint density at radius 2 is 1.47 bits per heavy atom. The fourth-order valence-electron chi connectivity index (χ4n) is 6.49. The van der Waals surface area contributed by atoms with Crippen molar-refractivity contribution in [1.82, 2.24) is 0 Å². The van der Waals surface area contributed by atoms with Crippen LogP contribution in [0.4, 0.5) is 8.78 Å². The van der Waals surface area contributed by atoms with Gasteiger partial charge in [0.05, 0.1) is 0 Å². The minimum absolute atomic E-state index is 0.456. The molecule has 0 saturated heterocycles. The van der Waals surface area contributed by atoms with Gasteiger partial charge in [0, 0.05) is 5.39 Å². The fraction of sp³-hybridized carbons (Fsp3) is 0.625. The summed E-state index contributed by atoms with van der Waals surface area (Å²) in [5.41, 5.74) is 1.70. The molecule has 0 N–H and O–H groups in total. The van der Waals surface area contributed by atoms with Gasteiger partial charge in [0.1, 0.15) is 0 Å². The molecule has 0 atom stereocenters. The second kappa shape index (κ2) is 12.3. The number of benzene rings is 2. The Bertz CT molecular complexity index is 943. The van der Waals surface area contributed by atoms with Crippen LogP contribution >= 0.6 is 0 Å². The van der Waals surface area contributed by atoms with Gasteiger partial charge < -0.3 is 0 Å². The standard InChI is InChI=1S/C32H44F2/c1-3-5-6-8-23-9-11-24(12-10-23)13-14-25-15-17-26(18-16-25)27-19-20-28-21-29(7-4-2)31(33)32(34)30(28)22-27/h6,8,19-26H,3-5,7,9-18H2,1-2H3/b8-6+. The Labute approximate surface area is 206 Å². The molecule has 2 fully saturated rings. The highest BCUT2D eigenvalue weighted by atomic mass is 19.2. The predicted molar refractivity (Wildman–Crippen MR) is 141 cm³/mol. The topological polar surface area (TPSA) is 0 Å². The number of aryl methyl sites for hydroxylation is 1. The first-order valence-corrected chi connectivity index (χ1v) is 14.2. The average molecular weight is 467 g/mol. The van der Waals surface area contributed by atoms with Crippen LogP contribution in [0.1, 0.15) is 114 Å². The van der Waals surface area contributed by atoms with Gasteiger partial charge in [-0.2, -0.15) is 0 Å². The van der Waals surface area contributed by atoms with E-state index in [0.717, 1.165) is 29.6 Å². The zero-order valence-corrected chi connectivity index (χ0v) is 21.4. The maximum atomic E-state index is 14.8. The molecule has 2 saturated carbocycles. The van der Waals surface area contributed by atoms with Crippen LogP contribution in [0.5, 0.6) is 0 Å². The van der Waals surface area contributed by atoms with Gasteiger partial charge >= 0.3 is 0 Å². The number of rotatable bonds is 9. The van der Waals surface area contributed by atoms with Crippen molar-refractivity contribution in [3.63, 3.8) is 0 Å². The molecule has 0 aromatic heterocycles. The van der Waals surface area contributed by atoms with E-state index in [4.69, 9.17) is 0 Å². The van der Waals surface area contributed by atoms with Crippen LogP contribution in [0.15, 0.2) is 36.4 Å². The first kappa shape index (κ1) is 25.4. The van der Waals surface area contributed by atoms with E-state index in [9.17, 15) is 8.78 Å². The Morgan fingerprint density at radius 3 is 2.12 bits per heavy atom. The van der Waals surface area contributed by atoms with E-state index < -0.39 is 11.6 Å². The molecule has 2 aliphatic carbocycles. The normalized spacial score (nSPS) is 25.9. The quantitative estimate of drug-likeness (QED) is 0.322. The number of hydrogen-bond acceptors (Lipinski definition) is 0. The second-order valence-electron chi connectivity index (χ2n) is 11.2. The van der Waals surface area contributed by atoms with Crippen molar-refractivity contribution in [2.75, 3.05) is 0 Å². The lowest BCUT2D eigenvalue weighted by atomic mass is 9.74. The minimum Gasteiger partial charge on any atom is -0.203 e. The highest BCUT2D eigenvalue weighted by molar-refractivity contribution is 5.85. The molecular formula is C32H44F2. The molecule has 0 nitrogen and oxygen atoms in total. The minimum atomic E-state index is -0.660. The zero-order valence-electron chi connectivity index (χ0n) is 21.4. The molecule has 0 radical (unpaired) electrons. The summed E-state index contributed by atoms with van der Waals surface area (Å²) < 4.78 is 29.3. The number of halogens is 2. The van der Waals surface area contributed by atoms with E-state index in [2.05, 4.69) is 25.1 Å². The molecule has 2 heteroatoms. The summed E-state index contributed by atoms with van der Waals surface area (Å²) in [6.45, 7) is 4.25. The maximum Gasteiger partial charge on any atom is 0.166 e. The second-order valence-corrected chi connectivity index (χ2v) is 11.2. The SMILES string of the molecule is CCC/C=C/C1CCC(CCC2CCC(c3ccc4cc(CCC)c(F)c(F)c4c3)CC2)CC1. The largest absolute Gasteiger partial charge is 0.203 e. The lowest BCUT2D eigenvalue weighted by Gasteiger charge is -2.31. The molecule has 0 bridgehead atoms. The van der Waals surface area contributed by atoms with Gasteiger partial charge in [-0.15, -0.1) is 0 Å². The van der Waals surface area contributed by atoms with Gasteiger partial charge in [-0.25, -0.2) is 8.78 Å². The fourth-order valence-corrected chi connectivity index (χ4v) is 6.49. The molecule has 0 aliphatic heterocycles. The van der Waals surface area contributed by atoms with Crippen molar-refractivity contribution in [3.8, 4) is 0 Å². The van der Waals surface area contributed by atoms with E-state index in [1.807, 2.05) is 25.1 Å². The lowest BCUT2D eigenvalue weighted by Crippen LogP contribution is -2.17. The molecule has 2 aromatic rings. The van der Waals surface area contributed by atoms with Crippen molar-refractivity contribution in [1.29, 1.82) is 0 Å². The predicted octanol–water partition coefficient (Wildman–Crippen LogP) is 10.3. The number of unbranched alkanes of at least 4 members (excludes halogenated alkanes) is 1. The Hall–Kier alpha value is -1.70. The van der Waals surface area contributed by atoms with Crippen molar-refractivity contribution in [3.05, 3.63) is 59.2 Å². The zero-order chi connectivity index (χ0) is 23.9. The summed E-state index contributed by atoms with van der Waals surface area (Å²) in [5.74, 6) is 1.79. The molecule has 186 valence electrons. The highest BCUT2D eigenvalue weighted by Gasteiger charge is 2.25. The van der Waals surface area contributed by atoms with Gasteiger partial charge in [-0.05, 0) is 117 Å². The molecule has 34 heavy (non-hydrogen) atoms. The monoisotopic (exact) mass is 466 g/mol. The molecule has 2 aromatic carbocycles. The van der Waals surface area contributed by atoms with Gasteiger partial charge in [0.2, 0.25) is 0 Å². The van der Waals surface area contributed by atoms with Crippen LogP contribution < -0.4 is 0 Å². The summed E-state index contributed by atoms with van der Waals surface area (Å²) in [6.07, 6.45) is 22.1. The van der Waals surface area contributed by atoms with E-state index in [1.54, 1.807) is 0 Å². The van der Waals surface area contributed by atoms with Crippen molar-refractivity contribution in [2.45, 2.75) is 110 Å². The molecule has 0 heterocycles. The van der Waals surface area contributed by atoms with Crippen LogP contribution in [0.3, 0.4) is 0 Å². The lowest BCUT2D eigenvalue weighted by molar-refractivity contribution is 0.246. The molecule has 4 rings (SSSR count). The van der Waals surface area contributed by atoms with Crippen LogP contribution in [0.2, 0.25) is 0 Å². The Kier molecular flexibility index (Phi) is 9.20. The third-order valence-corrected chi connectivity index (χ3v) is 8.69. The maximum absolute atomic E-state index is 14.8. The van der Waals surface area contributed by atoms with E-state index >= 15 is 0 Å². The van der Waals surface area contributed by atoms with Crippen LogP contribution in [-0.4, -0.2) is 0 Å². The summed E-state index contributed by atoms with van der Waals surface area (Å²) in [7, 11) is 0. The van der Waals surface area contributed by atoms with Gasteiger partial charge in [0.25, 0.3) is 0 Å². The third kappa shape index (κ3) is 6.29. The van der Waals surface area contributed by atoms with Crippen molar-refractivity contribution < 1.29 is 8.78 Å². The summed E-state index contributed by atoms with van der Waals surface area (Å²) >= 11 is 0. The molecule has 0 amide bonds. The summed E-state index contributed by atoms with van der Waals surface area (Å²) in [4.78, 5) is 0. The van der Waals surface area contributed by atoms with Gasteiger partial charge in [0.15, 0.2) is 11.6 Å². The first-order chi connectivity index (χ1) is 16.6. The number of hydrogen-bond donors (Lipinski definition) is 0. The number of allylic oxidation sites excluding steroid dienone is 2. The van der Waals surface area contributed by atoms with E-state index in [0.29, 0.717) is 23.3 Å². The first-order valence-electron chi connectivity index (χ1n) is 14.2. The average Bonchev–Trinajstić information content (AvgIpc) is 2.87. The van der Waals surface area contributed by atoms with E-state index in [-0.39, 0.29) is 0 Å². The summed E-state index contributed by atoms with van der Waals surface area (Å²) in [6, 6.07) is 7.94. The van der Waals surface area contributed by atoms with Crippen molar-refractivity contribution in [2.24, 2.45) is 17.8 Å². The third-order valence-electron chi connectivity index (χ3n) is 8.69. The Balaban J connectivity index is 1.26. The van der Waals surface area contributed by atoms with Crippen molar-refractivity contribution >= 4 is 10.8 Å². The van der Waals surface area contributed by atoms with Gasteiger partial charge in [-0.1, -0.05) is 63.8 Å². The Morgan fingerprint density at radius 1 is 0.794 bits per heavy atom. The molecule has 0 unspecified atom stereocenters. The highest BCUT2D eigenvalue weighted by Crippen LogP contribution is 2.41. The molecule has 0 spiro atoms. The van der Waals surface area contributed by atoms with E-state index in [1.165, 1.54) is 82.6 Å². The van der Waals surface area contributed by atoms with Crippen LogP contribution in [0.25, 0.3) is 10.8 Å². The summed E-state index contributed by atoms with van der Waals surface area (Å²) in [5, 5.41) is 1.28. The number of fused-ring (bicyclic) bond motifs is 1. The molecule has 2 aliphatic rings. The van der Waals surface area contributed by atoms with Crippen LogP contribution in [0, 0.1) is 29.4 Å². The molecular weight excluding hydrogens is 422 g/mol.